The van der Waals surface area contributed by atoms with Crippen molar-refractivity contribution in [3.63, 3.8) is 0 Å². The number of aromatic nitrogens is 2. The standard InChI is InChI=1S/C21H16F3N3O3/c1-2-15-16(13-10-27(11-13)20(28)29)9-17(19-18(15)25-7-8-26-19)12-3-5-14(6-4-12)30-21(22,23)24/h2-9,13H,1,10-11H2,(H,28,29). The SMILES string of the molecule is C=Cc1c(C2CN(C(=O)O)C2)cc(-c2ccc(OC(F)(F)F)cc2)c2nccnc12. The summed E-state index contributed by atoms with van der Waals surface area (Å²) in [4.78, 5) is 21.3. The normalized spacial score (nSPS) is 14.4. The average Bonchev–Trinajstić information content (AvgIpc) is 2.65. The van der Waals surface area contributed by atoms with Gasteiger partial charge in [0.1, 0.15) is 5.75 Å². The molecule has 0 radical (unpaired) electrons. The largest absolute Gasteiger partial charge is 0.573 e. The lowest BCUT2D eigenvalue weighted by Crippen LogP contribution is -2.48. The zero-order valence-corrected chi connectivity index (χ0v) is 15.6. The number of likely N-dealkylation sites (tertiary alicyclic amines) is 1. The summed E-state index contributed by atoms with van der Waals surface area (Å²) in [5, 5.41) is 9.13. The van der Waals surface area contributed by atoms with Gasteiger partial charge in [0, 0.05) is 42.5 Å². The maximum absolute atomic E-state index is 12.4. The molecule has 1 fully saturated rings. The Morgan fingerprint density at radius 2 is 1.80 bits per heavy atom. The van der Waals surface area contributed by atoms with Crippen molar-refractivity contribution in [1.29, 1.82) is 0 Å². The first-order valence-corrected chi connectivity index (χ1v) is 9.01. The molecular weight excluding hydrogens is 399 g/mol. The molecule has 154 valence electrons. The molecule has 1 N–H and O–H groups in total. The molecule has 1 saturated heterocycles. The molecule has 0 atom stereocenters. The van der Waals surface area contributed by atoms with Gasteiger partial charge >= 0.3 is 12.5 Å². The number of rotatable bonds is 4. The number of hydrogen-bond donors (Lipinski definition) is 1. The molecule has 6 nitrogen and oxygen atoms in total. The van der Waals surface area contributed by atoms with E-state index in [2.05, 4.69) is 21.3 Å². The predicted octanol–water partition coefficient (Wildman–Crippen LogP) is 4.92. The summed E-state index contributed by atoms with van der Waals surface area (Å²) in [5.74, 6) is -0.354. The number of fused-ring (bicyclic) bond motifs is 1. The molecular formula is C21H16F3N3O3. The zero-order valence-electron chi connectivity index (χ0n) is 15.6. The summed E-state index contributed by atoms with van der Waals surface area (Å²) in [6, 6.07) is 7.40. The minimum absolute atomic E-state index is 0.0351. The molecule has 1 aliphatic heterocycles. The number of halogens is 3. The monoisotopic (exact) mass is 415 g/mol. The maximum atomic E-state index is 12.4. The summed E-state index contributed by atoms with van der Waals surface area (Å²) < 4.78 is 41.2. The van der Waals surface area contributed by atoms with Crippen LogP contribution in [0.25, 0.3) is 28.2 Å². The van der Waals surface area contributed by atoms with E-state index in [1.54, 1.807) is 12.3 Å². The van der Waals surface area contributed by atoms with Crippen molar-refractivity contribution >= 4 is 23.2 Å². The minimum Gasteiger partial charge on any atom is -0.465 e. The summed E-state index contributed by atoms with van der Waals surface area (Å²) in [5.41, 5.74) is 4.15. The second-order valence-corrected chi connectivity index (χ2v) is 6.84. The molecule has 1 amide bonds. The van der Waals surface area contributed by atoms with Gasteiger partial charge in [-0.15, -0.1) is 13.2 Å². The molecule has 3 aromatic rings. The number of amides is 1. The Balaban J connectivity index is 1.80. The van der Waals surface area contributed by atoms with Crippen LogP contribution in [0.15, 0.2) is 49.3 Å². The highest BCUT2D eigenvalue weighted by molar-refractivity contribution is 5.97. The third-order valence-electron chi connectivity index (χ3n) is 5.01. The van der Waals surface area contributed by atoms with Gasteiger partial charge in [0.05, 0.1) is 11.0 Å². The van der Waals surface area contributed by atoms with E-state index in [0.717, 1.165) is 11.1 Å². The van der Waals surface area contributed by atoms with E-state index in [1.807, 2.05) is 6.07 Å². The lowest BCUT2D eigenvalue weighted by Gasteiger charge is -2.38. The Bertz CT molecular complexity index is 1120. The third kappa shape index (κ3) is 3.66. The maximum Gasteiger partial charge on any atom is 0.573 e. The summed E-state index contributed by atoms with van der Waals surface area (Å²) in [6.07, 6.45) is -0.992. The van der Waals surface area contributed by atoms with Crippen molar-refractivity contribution in [3.05, 3.63) is 60.4 Å². The van der Waals surface area contributed by atoms with E-state index in [9.17, 15) is 18.0 Å². The fourth-order valence-electron chi connectivity index (χ4n) is 3.61. The van der Waals surface area contributed by atoms with E-state index < -0.39 is 12.5 Å². The first kappa shape index (κ1) is 19.7. The lowest BCUT2D eigenvalue weighted by atomic mass is 9.85. The van der Waals surface area contributed by atoms with Crippen molar-refractivity contribution in [1.82, 2.24) is 14.9 Å². The van der Waals surface area contributed by atoms with Gasteiger partial charge in [0.25, 0.3) is 0 Å². The van der Waals surface area contributed by atoms with Crippen LogP contribution in [0.5, 0.6) is 5.75 Å². The van der Waals surface area contributed by atoms with E-state index in [0.29, 0.717) is 35.2 Å². The minimum atomic E-state index is -4.77. The number of nitrogens with zero attached hydrogens (tertiary/aromatic N) is 3. The fraction of sp³-hybridized carbons (Fsp3) is 0.190. The first-order valence-electron chi connectivity index (χ1n) is 9.01. The Labute approximate surface area is 169 Å². The summed E-state index contributed by atoms with van der Waals surface area (Å²) >= 11 is 0. The van der Waals surface area contributed by atoms with Crippen molar-refractivity contribution < 1.29 is 27.8 Å². The molecule has 0 bridgehead atoms. The van der Waals surface area contributed by atoms with E-state index in [4.69, 9.17) is 5.11 Å². The molecule has 2 heterocycles. The fourth-order valence-corrected chi connectivity index (χ4v) is 3.61. The number of alkyl halides is 3. The number of hydrogen-bond acceptors (Lipinski definition) is 4. The molecule has 30 heavy (non-hydrogen) atoms. The van der Waals surface area contributed by atoms with Crippen molar-refractivity contribution in [2.75, 3.05) is 13.1 Å². The molecule has 9 heteroatoms. The van der Waals surface area contributed by atoms with Crippen LogP contribution in [0.3, 0.4) is 0 Å². The van der Waals surface area contributed by atoms with Crippen LogP contribution in [-0.4, -0.2) is 45.5 Å². The van der Waals surface area contributed by atoms with Gasteiger partial charge < -0.3 is 14.7 Å². The van der Waals surface area contributed by atoms with Crippen LogP contribution >= 0.6 is 0 Å². The topological polar surface area (TPSA) is 75.6 Å². The van der Waals surface area contributed by atoms with Gasteiger partial charge in [-0.1, -0.05) is 24.8 Å². The van der Waals surface area contributed by atoms with Crippen LogP contribution < -0.4 is 4.74 Å². The second-order valence-electron chi connectivity index (χ2n) is 6.84. The van der Waals surface area contributed by atoms with Crippen LogP contribution in [0.2, 0.25) is 0 Å². The molecule has 1 aromatic heterocycles. The molecule has 0 unspecified atom stereocenters. The molecule has 0 aliphatic carbocycles. The van der Waals surface area contributed by atoms with Crippen molar-refractivity contribution in [2.24, 2.45) is 0 Å². The van der Waals surface area contributed by atoms with Gasteiger partial charge in [-0.05, 0) is 29.3 Å². The van der Waals surface area contributed by atoms with E-state index in [1.165, 1.54) is 35.4 Å². The Kier molecular flexibility index (Phi) is 4.81. The van der Waals surface area contributed by atoms with Crippen LogP contribution in [-0.2, 0) is 0 Å². The quantitative estimate of drug-likeness (QED) is 0.655. The van der Waals surface area contributed by atoms with Gasteiger partial charge in [0.2, 0.25) is 0 Å². The lowest BCUT2D eigenvalue weighted by molar-refractivity contribution is -0.274. The Morgan fingerprint density at radius 1 is 1.17 bits per heavy atom. The van der Waals surface area contributed by atoms with Gasteiger partial charge in [-0.3, -0.25) is 9.97 Å². The molecule has 0 spiro atoms. The highest BCUT2D eigenvalue weighted by Gasteiger charge is 2.34. The Hall–Kier alpha value is -3.62. The van der Waals surface area contributed by atoms with E-state index >= 15 is 0 Å². The van der Waals surface area contributed by atoms with Gasteiger partial charge in [-0.2, -0.15) is 0 Å². The highest BCUT2D eigenvalue weighted by atomic mass is 19.4. The first-order chi connectivity index (χ1) is 14.3. The molecule has 1 aliphatic rings. The molecule has 4 rings (SSSR count). The number of carbonyl (C=O) groups is 1. The number of ether oxygens (including phenoxy) is 1. The molecule has 2 aromatic carbocycles. The average molecular weight is 415 g/mol. The smallest absolute Gasteiger partial charge is 0.465 e. The summed E-state index contributed by atoms with van der Waals surface area (Å²) in [7, 11) is 0. The predicted molar refractivity (Wildman–Crippen MR) is 104 cm³/mol. The van der Waals surface area contributed by atoms with Gasteiger partial charge in [-0.25, -0.2) is 4.79 Å². The van der Waals surface area contributed by atoms with Crippen molar-refractivity contribution in [2.45, 2.75) is 12.3 Å². The van der Waals surface area contributed by atoms with Crippen LogP contribution in [0, 0.1) is 0 Å². The van der Waals surface area contributed by atoms with Crippen LogP contribution in [0.4, 0.5) is 18.0 Å². The Morgan fingerprint density at radius 3 is 2.37 bits per heavy atom. The second kappa shape index (κ2) is 7.33. The van der Waals surface area contributed by atoms with Gasteiger partial charge in [0.15, 0.2) is 0 Å². The molecule has 0 saturated carbocycles. The third-order valence-corrected chi connectivity index (χ3v) is 5.01. The van der Waals surface area contributed by atoms with Crippen LogP contribution in [0.1, 0.15) is 17.0 Å². The summed E-state index contributed by atoms with van der Waals surface area (Å²) in [6.45, 7) is 4.56. The number of carboxylic acid groups (broad SMARTS) is 1. The highest BCUT2D eigenvalue weighted by Crippen LogP contribution is 2.38. The number of benzene rings is 2. The zero-order chi connectivity index (χ0) is 21.5. The van der Waals surface area contributed by atoms with Crippen molar-refractivity contribution in [3.8, 4) is 16.9 Å². The van der Waals surface area contributed by atoms with E-state index in [-0.39, 0.29) is 11.7 Å².